The Hall–Kier alpha value is -0.593. The molecule has 1 amide bonds. The van der Waals surface area contributed by atoms with E-state index in [-0.39, 0.29) is 23.1 Å². The maximum absolute atomic E-state index is 12.3. The second-order valence-corrected chi connectivity index (χ2v) is 14.1. The molecule has 1 aliphatic heterocycles. The molecule has 0 unspecified atom stereocenters. The first-order chi connectivity index (χ1) is 10.2. The van der Waals surface area contributed by atoms with E-state index in [2.05, 4.69) is 33.9 Å². The molecule has 6 heteroatoms. The van der Waals surface area contributed by atoms with Crippen LogP contribution in [0.3, 0.4) is 0 Å². The first kappa shape index (κ1) is 20.5. The van der Waals surface area contributed by atoms with Gasteiger partial charge in [-0.15, -0.1) is 0 Å². The second-order valence-electron chi connectivity index (χ2n) is 9.32. The molecule has 5 nitrogen and oxygen atoms in total. The normalized spacial score (nSPS) is 23.8. The van der Waals surface area contributed by atoms with Gasteiger partial charge in [0.1, 0.15) is 5.60 Å². The summed E-state index contributed by atoms with van der Waals surface area (Å²) in [6, 6.07) is -0.00992. The number of carbonyl (C=O) groups excluding carboxylic acids is 1. The summed E-state index contributed by atoms with van der Waals surface area (Å²) in [5.74, 6) is 0.278. The summed E-state index contributed by atoms with van der Waals surface area (Å²) in [6.07, 6.45) is 0.624. The molecule has 1 heterocycles. The molecule has 0 aromatic heterocycles. The zero-order valence-electron chi connectivity index (χ0n) is 16.2. The van der Waals surface area contributed by atoms with E-state index >= 15 is 0 Å². The smallest absolute Gasteiger partial charge is 0.410 e. The zero-order chi connectivity index (χ0) is 18.1. The van der Waals surface area contributed by atoms with Crippen LogP contribution in [0.1, 0.15) is 48.0 Å². The van der Waals surface area contributed by atoms with E-state index in [1.165, 1.54) is 0 Å². The number of nitrogens with two attached hydrogens (primary N) is 1. The van der Waals surface area contributed by atoms with Gasteiger partial charge in [0.05, 0.1) is 0 Å². The van der Waals surface area contributed by atoms with Crippen molar-refractivity contribution < 1.29 is 14.0 Å². The van der Waals surface area contributed by atoms with Crippen molar-refractivity contribution >= 4 is 14.4 Å². The molecule has 23 heavy (non-hydrogen) atoms. The van der Waals surface area contributed by atoms with Gasteiger partial charge in [0.2, 0.25) is 0 Å². The van der Waals surface area contributed by atoms with Crippen LogP contribution in [0, 0.1) is 5.92 Å². The summed E-state index contributed by atoms with van der Waals surface area (Å²) < 4.78 is 11.8. The largest absolute Gasteiger partial charge is 0.444 e. The van der Waals surface area contributed by atoms with Gasteiger partial charge >= 0.3 is 6.09 Å². The van der Waals surface area contributed by atoms with Crippen LogP contribution in [-0.4, -0.2) is 50.6 Å². The van der Waals surface area contributed by atoms with Crippen molar-refractivity contribution in [1.29, 1.82) is 0 Å². The fourth-order valence-corrected chi connectivity index (χ4v) is 3.47. The summed E-state index contributed by atoms with van der Waals surface area (Å²) >= 11 is 0. The number of ether oxygens (including phenoxy) is 1. The Kier molecular flexibility index (Phi) is 6.32. The van der Waals surface area contributed by atoms with Crippen LogP contribution in [0.25, 0.3) is 0 Å². The van der Waals surface area contributed by atoms with E-state index in [4.69, 9.17) is 14.9 Å². The summed E-state index contributed by atoms with van der Waals surface area (Å²) in [4.78, 5) is 14.0. The summed E-state index contributed by atoms with van der Waals surface area (Å²) in [7, 11) is -1.77. The summed E-state index contributed by atoms with van der Waals surface area (Å²) in [5, 5.41) is 0.189. The number of likely N-dealkylation sites (tertiary alicyclic amines) is 1. The van der Waals surface area contributed by atoms with Crippen molar-refractivity contribution in [3.63, 3.8) is 0 Å². The molecule has 0 saturated carbocycles. The van der Waals surface area contributed by atoms with Crippen LogP contribution in [0.4, 0.5) is 4.79 Å². The SMILES string of the molecule is CC(C)(C)OC(=O)N1C[C@@H](N)C[C@@H](CO[Si](C)(C)C(C)(C)C)C1. The Morgan fingerprint density at radius 2 is 1.74 bits per heavy atom. The third-order valence-electron chi connectivity index (χ3n) is 4.71. The number of hydrogen-bond acceptors (Lipinski definition) is 4. The van der Waals surface area contributed by atoms with E-state index in [0.29, 0.717) is 19.7 Å². The van der Waals surface area contributed by atoms with Gasteiger partial charge in [-0.05, 0) is 45.3 Å². The number of carbonyl (C=O) groups is 1. The van der Waals surface area contributed by atoms with Gasteiger partial charge in [0.15, 0.2) is 8.32 Å². The lowest BCUT2D eigenvalue weighted by atomic mass is 9.96. The van der Waals surface area contributed by atoms with E-state index in [0.717, 1.165) is 6.42 Å². The van der Waals surface area contributed by atoms with Crippen LogP contribution in [0.15, 0.2) is 0 Å². The number of nitrogens with zero attached hydrogens (tertiary/aromatic N) is 1. The molecule has 136 valence electrons. The molecule has 0 spiro atoms. The van der Waals surface area contributed by atoms with Gasteiger partial charge in [0.25, 0.3) is 0 Å². The molecule has 2 atom stereocenters. The molecule has 1 saturated heterocycles. The molecule has 0 bridgehead atoms. The molecule has 1 aliphatic rings. The Morgan fingerprint density at radius 3 is 2.22 bits per heavy atom. The maximum Gasteiger partial charge on any atom is 0.410 e. The Balaban J connectivity index is 2.63. The van der Waals surface area contributed by atoms with Gasteiger partial charge in [0, 0.05) is 31.7 Å². The van der Waals surface area contributed by atoms with Gasteiger partial charge in [-0.2, -0.15) is 0 Å². The van der Waals surface area contributed by atoms with E-state index in [1.54, 1.807) is 4.90 Å². The third kappa shape index (κ3) is 6.43. The average molecular weight is 345 g/mol. The molecule has 0 aromatic rings. The minimum Gasteiger partial charge on any atom is -0.444 e. The lowest BCUT2D eigenvalue weighted by Gasteiger charge is -2.40. The molecular formula is C17H36N2O3Si. The van der Waals surface area contributed by atoms with Crippen molar-refractivity contribution in [2.75, 3.05) is 19.7 Å². The fourth-order valence-electron chi connectivity index (χ4n) is 2.39. The van der Waals surface area contributed by atoms with Gasteiger partial charge in [-0.1, -0.05) is 20.8 Å². The van der Waals surface area contributed by atoms with Crippen molar-refractivity contribution in [3.05, 3.63) is 0 Å². The lowest BCUT2D eigenvalue weighted by Crippen LogP contribution is -2.52. The topological polar surface area (TPSA) is 64.8 Å². The highest BCUT2D eigenvalue weighted by Gasteiger charge is 2.39. The van der Waals surface area contributed by atoms with Gasteiger partial charge in [-0.3, -0.25) is 0 Å². The minimum absolute atomic E-state index is 0.00992. The predicted molar refractivity (Wildman–Crippen MR) is 97.0 cm³/mol. The van der Waals surface area contributed by atoms with E-state index in [1.807, 2.05) is 20.8 Å². The van der Waals surface area contributed by atoms with Crippen molar-refractivity contribution in [3.8, 4) is 0 Å². The van der Waals surface area contributed by atoms with E-state index in [9.17, 15) is 4.79 Å². The molecule has 0 aliphatic carbocycles. The predicted octanol–water partition coefficient (Wildman–Crippen LogP) is 3.59. The molecule has 1 fully saturated rings. The van der Waals surface area contributed by atoms with Gasteiger partial charge in [-0.25, -0.2) is 4.79 Å². The Morgan fingerprint density at radius 1 is 1.17 bits per heavy atom. The molecule has 0 radical (unpaired) electrons. The quantitative estimate of drug-likeness (QED) is 0.795. The fraction of sp³-hybridized carbons (Fsp3) is 0.941. The average Bonchev–Trinajstić information content (AvgIpc) is 2.32. The first-order valence-electron chi connectivity index (χ1n) is 8.59. The highest BCUT2D eigenvalue weighted by molar-refractivity contribution is 6.74. The number of hydrogen-bond donors (Lipinski definition) is 1. The number of amides is 1. The standard InChI is InChI=1S/C17H36N2O3Si/c1-16(2,3)22-15(20)19-10-13(9-14(18)11-19)12-21-23(7,8)17(4,5)6/h13-14H,9-12,18H2,1-8H3/t13-,14+/m1/s1. The molecule has 2 N–H and O–H groups in total. The molecule has 1 rings (SSSR count). The van der Waals surface area contributed by atoms with Crippen LogP contribution in [-0.2, 0) is 9.16 Å². The Bertz CT molecular complexity index is 413. The van der Waals surface area contributed by atoms with Crippen LogP contribution in [0.5, 0.6) is 0 Å². The highest BCUT2D eigenvalue weighted by atomic mass is 28.4. The first-order valence-corrected chi connectivity index (χ1v) is 11.5. The number of piperidine rings is 1. The summed E-state index contributed by atoms with van der Waals surface area (Å²) in [6.45, 7) is 18.7. The monoisotopic (exact) mass is 344 g/mol. The highest BCUT2D eigenvalue weighted by Crippen LogP contribution is 2.37. The Labute approximate surface area is 143 Å². The number of rotatable bonds is 3. The molecule has 0 aromatic carbocycles. The van der Waals surface area contributed by atoms with Crippen LogP contribution >= 0.6 is 0 Å². The van der Waals surface area contributed by atoms with Crippen LogP contribution in [0.2, 0.25) is 18.1 Å². The van der Waals surface area contributed by atoms with Crippen molar-refractivity contribution in [2.45, 2.75) is 77.7 Å². The second kappa shape index (κ2) is 7.11. The van der Waals surface area contributed by atoms with Crippen LogP contribution < -0.4 is 5.73 Å². The summed E-state index contributed by atoms with van der Waals surface area (Å²) in [5.41, 5.74) is 5.67. The minimum atomic E-state index is -1.77. The third-order valence-corrected chi connectivity index (χ3v) is 9.21. The molecular weight excluding hydrogens is 308 g/mol. The lowest BCUT2D eigenvalue weighted by molar-refractivity contribution is 0.0111. The van der Waals surface area contributed by atoms with Gasteiger partial charge < -0.3 is 19.8 Å². The zero-order valence-corrected chi connectivity index (χ0v) is 17.2. The maximum atomic E-state index is 12.3. The van der Waals surface area contributed by atoms with E-state index < -0.39 is 13.9 Å². The van der Waals surface area contributed by atoms with Crippen molar-refractivity contribution in [2.24, 2.45) is 11.7 Å². The van der Waals surface area contributed by atoms with Crippen molar-refractivity contribution in [1.82, 2.24) is 4.90 Å².